The highest BCUT2D eigenvalue weighted by molar-refractivity contribution is 5.27. The van der Waals surface area contributed by atoms with E-state index in [0.717, 1.165) is 25.7 Å². The smallest absolute Gasteiger partial charge is 0.282 e. The number of rotatable bonds is 34. The van der Waals surface area contributed by atoms with E-state index >= 15 is 0 Å². The molecule has 1 rings (SSSR count). The number of benzene rings is 1. The molecule has 0 radical (unpaired) electrons. The van der Waals surface area contributed by atoms with Gasteiger partial charge in [0, 0.05) is 52.5 Å². The zero-order valence-corrected chi connectivity index (χ0v) is 32.9. The van der Waals surface area contributed by atoms with Gasteiger partial charge in [0.2, 0.25) is 0 Å². The van der Waals surface area contributed by atoms with Gasteiger partial charge in [-0.05, 0) is 90.2 Å². The number of hydrogen-bond acceptors (Lipinski definition) is 6. The van der Waals surface area contributed by atoms with Gasteiger partial charge in [-0.15, -0.1) is 0 Å². The van der Waals surface area contributed by atoms with E-state index in [1.165, 1.54) is 101 Å². The van der Waals surface area contributed by atoms with Crippen LogP contribution in [0.2, 0.25) is 0 Å². The summed E-state index contributed by atoms with van der Waals surface area (Å²) in [6.07, 6.45) is 21.9. The second-order valence-electron chi connectivity index (χ2n) is 13.5. The Labute approximate surface area is 297 Å². The topological polar surface area (TPSA) is 55.4 Å². The summed E-state index contributed by atoms with van der Waals surface area (Å²) in [6, 6.07) is 9.56. The van der Waals surface area contributed by atoms with E-state index in [4.69, 9.17) is 28.4 Å². The summed E-state index contributed by atoms with van der Waals surface area (Å²) in [4.78, 5) is 0. The molecule has 0 aromatic heterocycles. The maximum Gasteiger partial charge on any atom is 0.282 e. The van der Waals surface area contributed by atoms with Crippen LogP contribution in [0.3, 0.4) is 0 Å². The molecule has 48 heavy (non-hydrogen) atoms. The van der Waals surface area contributed by atoms with Crippen LogP contribution in [0.1, 0.15) is 194 Å². The molecule has 6 nitrogen and oxygen atoms in total. The monoisotopic (exact) mass is 679 g/mol. The van der Waals surface area contributed by atoms with Crippen LogP contribution < -0.4 is 0 Å². The Balaban J connectivity index is 2.17. The summed E-state index contributed by atoms with van der Waals surface area (Å²) < 4.78 is 35.1. The molecule has 1 aromatic rings. The molecule has 0 heterocycles. The number of unbranched alkanes of at least 4 members (excludes halogenated alkanes) is 12. The van der Waals surface area contributed by atoms with Gasteiger partial charge in [0.05, 0.1) is 0 Å². The highest BCUT2D eigenvalue weighted by Crippen LogP contribution is 2.28. The minimum Gasteiger partial charge on any atom is -0.328 e. The Morgan fingerprint density at radius 1 is 0.375 bits per heavy atom. The standard InChI is InChI=1S/C42H78O6/c1-9-43-41(44-10-2,45-11-3)35-27-23-19-15-17-21-25-29-37(7)39-31-33-40(34-32-39)38(8)30-26-22-18-16-20-24-28-36-42(46-12-4,47-13-5)48-14-6/h31-34,37-38H,9-30,35-36H2,1-8H3. The molecule has 0 aliphatic rings. The summed E-state index contributed by atoms with van der Waals surface area (Å²) in [5, 5.41) is 0. The van der Waals surface area contributed by atoms with E-state index in [-0.39, 0.29) is 0 Å². The van der Waals surface area contributed by atoms with Gasteiger partial charge in [0.25, 0.3) is 11.9 Å². The van der Waals surface area contributed by atoms with Gasteiger partial charge in [0.15, 0.2) is 0 Å². The lowest BCUT2D eigenvalue weighted by molar-refractivity contribution is -0.380. The minimum absolute atomic E-state index is 0.604. The van der Waals surface area contributed by atoms with Crippen molar-refractivity contribution in [3.05, 3.63) is 35.4 Å². The van der Waals surface area contributed by atoms with E-state index < -0.39 is 11.9 Å². The van der Waals surface area contributed by atoms with E-state index in [1.54, 1.807) is 0 Å². The fourth-order valence-corrected chi connectivity index (χ4v) is 6.84. The Kier molecular flexibility index (Phi) is 26.9. The second-order valence-corrected chi connectivity index (χ2v) is 13.5. The third-order valence-corrected chi connectivity index (χ3v) is 9.50. The van der Waals surface area contributed by atoms with Crippen LogP contribution in [0, 0.1) is 0 Å². The first-order valence-electron chi connectivity index (χ1n) is 20.3. The molecule has 0 saturated carbocycles. The van der Waals surface area contributed by atoms with Crippen LogP contribution in [0.15, 0.2) is 24.3 Å². The van der Waals surface area contributed by atoms with Gasteiger partial charge in [-0.1, -0.05) is 115 Å². The highest BCUT2D eigenvalue weighted by atomic mass is 16.9. The third-order valence-electron chi connectivity index (χ3n) is 9.50. The van der Waals surface area contributed by atoms with Crippen molar-refractivity contribution < 1.29 is 28.4 Å². The SMILES string of the molecule is CCOC(CCCCCCCCCC(C)c1ccc(C(C)CCCCCCCCCC(OCC)(OCC)OCC)cc1)(OCC)OCC. The van der Waals surface area contributed by atoms with Gasteiger partial charge in [-0.3, -0.25) is 0 Å². The van der Waals surface area contributed by atoms with Gasteiger partial charge in [0.1, 0.15) is 0 Å². The second kappa shape index (κ2) is 28.7. The molecule has 0 aliphatic heterocycles. The van der Waals surface area contributed by atoms with Crippen LogP contribution >= 0.6 is 0 Å². The van der Waals surface area contributed by atoms with E-state index in [1.807, 2.05) is 41.5 Å². The molecule has 1 aromatic carbocycles. The largest absolute Gasteiger partial charge is 0.328 e. The highest BCUT2D eigenvalue weighted by Gasteiger charge is 2.32. The summed E-state index contributed by atoms with van der Waals surface area (Å²) in [7, 11) is 0. The van der Waals surface area contributed by atoms with Gasteiger partial charge < -0.3 is 28.4 Å². The van der Waals surface area contributed by atoms with Crippen molar-refractivity contribution in [1.82, 2.24) is 0 Å². The van der Waals surface area contributed by atoms with Crippen molar-refractivity contribution in [2.24, 2.45) is 0 Å². The van der Waals surface area contributed by atoms with Crippen molar-refractivity contribution in [2.75, 3.05) is 39.6 Å². The fraction of sp³-hybridized carbons (Fsp3) is 0.857. The molecule has 282 valence electrons. The Morgan fingerprint density at radius 3 is 0.854 bits per heavy atom. The number of ether oxygens (including phenoxy) is 6. The Bertz CT molecular complexity index is 740. The average Bonchev–Trinajstić information content (AvgIpc) is 3.07. The van der Waals surface area contributed by atoms with Gasteiger partial charge in [-0.25, -0.2) is 0 Å². The molecule has 0 amide bonds. The molecule has 0 bridgehead atoms. The average molecular weight is 679 g/mol. The maximum absolute atomic E-state index is 5.85. The van der Waals surface area contributed by atoms with E-state index in [0.29, 0.717) is 51.5 Å². The van der Waals surface area contributed by atoms with Crippen LogP contribution in [-0.2, 0) is 28.4 Å². The molecular formula is C42H78O6. The predicted molar refractivity (Wildman–Crippen MR) is 202 cm³/mol. The van der Waals surface area contributed by atoms with Crippen LogP contribution in [0.4, 0.5) is 0 Å². The minimum atomic E-state index is -0.847. The predicted octanol–water partition coefficient (Wildman–Crippen LogP) is 12.4. The van der Waals surface area contributed by atoms with Gasteiger partial charge in [-0.2, -0.15) is 0 Å². The molecule has 0 N–H and O–H groups in total. The lowest BCUT2D eigenvalue weighted by atomic mass is 9.90. The maximum atomic E-state index is 5.85. The lowest BCUT2D eigenvalue weighted by Crippen LogP contribution is -2.39. The molecule has 0 fully saturated rings. The van der Waals surface area contributed by atoms with Crippen LogP contribution in [0.5, 0.6) is 0 Å². The van der Waals surface area contributed by atoms with Crippen molar-refractivity contribution in [3.63, 3.8) is 0 Å². The molecule has 0 saturated heterocycles. The lowest BCUT2D eigenvalue weighted by Gasteiger charge is -2.32. The molecule has 0 spiro atoms. The zero-order valence-electron chi connectivity index (χ0n) is 32.9. The molecule has 2 atom stereocenters. The molecule has 0 aliphatic carbocycles. The Hall–Kier alpha value is -1.02. The van der Waals surface area contributed by atoms with E-state index in [2.05, 4.69) is 38.1 Å². The quantitative estimate of drug-likeness (QED) is 0.0534. The fourth-order valence-electron chi connectivity index (χ4n) is 6.84. The van der Waals surface area contributed by atoms with Crippen molar-refractivity contribution in [2.45, 2.75) is 195 Å². The van der Waals surface area contributed by atoms with Gasteiger partial charge >= 0.3 is 0 Å². The first-order chi connectivity index (χ1) is 23.3. The first-order valence-corrected chi connectivity index (χ1v) is 20.3. The molecule has 2 unspecified atom stereocenters. The van der Waals surface area contributed by atoms with Crippen molar-refractivity contribution >= 4 is 0 Å². The summed E-state index contributed by atoms with van der Waals surface area (Å²) in [5.74, 6) is -0.431. The summed E-state index contributed by atoms with van der Waals surface area (Å²) >= 11 is 0. The van der Waals surface area contributed by atoms with E-state index in [9.17, 15) is 0 Å². The molecule has 6 heteroatoms. The summed E-state index contributed by atoms with van der Waals surface area (Å²) in [5.41, 5.74) is 2.99. The first kappa shape index (κ1) is 45.0. The van der Waals surface area contributed by atoms with Crippen molar-refractivity contribution in [3.8, 4) is 0 Å². The third kappa shape index (κ3) is 19.4. The number of hydrogen-bond donors (Lipinski definition) is 0. The normalized spacial score (nSPS) is 13.7. The van der Waals surface area contributed by atoms with Crippen LogP contribution in [0.25, 0.3) is 0 Å². The van der Waals surface area contributed by atoms with Crippen molar-refractivity contribution in [1.29, 1.82) is 0 Å². The molecular weight excluding hydrogens is 600 g/mol. The Morgan fingerprint density at radius 2 is 0.604 bits per heavy atom. The summed E-state index contributed by atoms with van der Waals surface area (Å²) in [6.45, 7) is 20.4. The van der Waals surface area contributed by atoms with Crippen LogP contribution in [-0.4, -0.2) is 51.6 Å². The zero-order chi connectivity index (χ0) is 35.4.